The smallest absolute Gasteiger partial charge is 0.457 e. The summed E-state index contributed by atoms with van der Waals surface area (Å²) in [6.07, 6.45) is -14.3. The molecular weight excluding hydrogens is 335 g/mol. The second-order valence-electron chi connectivity index (χ2n) is 4.24. The van der Waals surface area contributed by atoms with Crippen LogP contribution in [0.4, 0.5) is 39.5 Å². The van der Waals surface area contributed by atoms with Crippen LogP contribution in [0.15, 0.2) is 11.6 Å². The Morgan fingerprint density at radius 1 is 0.955 bits per heavy atom. The van der Waals surface area contributed by atoms with Gasteiger partial charge in [-0.05, 0) is 19.4 Å². The van der Waals surface area contributed by atoms with E-state index < -0.39 is 41.6 Å². The van der Waals surface area contributed by atoms with E-state index in [0.717, 1.165) is 0 Å². The summed E-state index contributed by atoms with van der Waals surface area (Å²) in [7, 11) is 0. The van der Waals surface area contributed by atoms with Crippen molar-refractivity contribution < 1.29 is 49.0 Å². The molecule has 0 aliphatic carbocycles. The van der Waals surface area contributed by atoms with Crippen molar-refractivity contribution in [3.05, 3.63) is 11.6 Å². The van der Waals surface area contributed by atoms with Crippen LogP contribution in [-0.4, -0.2) is 36.5 Å². The lowest BCUT2D eigenvalue weighted by Gasteiger charge is -2.34. The van der Waals surface area contributed by atoms with E-state index in [4.69, 9.17) is 0 Å². The van der Waals surface area contributed by atoms with Gasteiger partial charge in [-0.3, -0.25) is 0 Å². The number of carbonyl (C=O) groups is 1. The Morgan fingerprint density at radius 3 is 1.73 bits per heavy atom. The van der Waals surface area contributed by atoms with Crippen LogP contribution in [0.5, 0.6) is 0 Å². The minimum absolute atomic E-state index is 0.206. The highest BCUT2D eigenvalue weighted by Gasteiger charge is 2.80. The predicted molar refractivity (Wildman–Crippen MR) is 55.9 cm³/mol. The van der Waals surface area contributed by atoms with Gasteiger partial charge >= 0.3 is 24.2 Å². The molecule has 0 aromatic carbocycles. The third kappa shape index (κ3) is 3.86. The fourth-order valence-corrected chi connectivity index (χ4v) is 1.22. The molecule has 0 aromatic rings. The van der Waals surface area contributed by atoms with Gasteiger partial charge in [-0.15, -0.1) is 0 Å². The highest BCUT2D eigenvalue weighted by molar-refractivity contribution is 5.88. The van der Waals surface area contributed by atoms with Crippen LogP contribution in [-0.2, 0) is 9.53 Å². The van der Waals surface area contributed by atoms with Crippen molar-refractivity contribution in [2.45, 2.75) is 44.2 Å². The Balaban J connectivity index is 5.92. The molecule has 0 amide bonds. The van der Waals surface area contributed by atoms with Gasteiger partial charge in [0.25, 0.3) is 5.67 Å². The van der Waals surface area contributed by atoms with Gasteiger partial charge in [-0.25, -0.2) is 9.18 Å². The molecule has 22 heavy (non-hydrogen) atoms. The van der Waals surface area contributed by atoms with E-state index in [1.165, 1.54) is 6.92 Å². The van der Waals surface area contributed by atoms with Crippen molar-refractivity contribution in [1.29, 1.82) is 0 Å². The van der Waals surface area contributed by atoms with Gasteiger partial charge in [0, 0.05) is 5.57 Å². The molecule has 0 aliphatic rings. The average molecular weight is 346 g/mol. The molecule has 11 heteroatoms. The zero-order valence-electron chi connectivity index (χ0n) is 11.2. The maximum absolute atomic E-state index is 13.6. The Labute approximate surface area is 118 Å². The minimum atomic E-state index is -6.82. The Morgan fingerprint density at radius 2 is 1.41 bits per heavy atom. The molecule has 0 saturated heterocycles. The Kier molecular flexibility index (Phi) is 5.96. The number of ether oxygens (including phenoxy) is 1. The molecule has 1 unspecified atom stereocenters. The molecular formula is C11H11F9O2. The number of carbonyl (C=O) groups excluding carboxylic acids is 1. The van der Waals surface area contributed by atoms with Crippen LogP contribution in [0.1, 0.15) is 20.3 Å². The molecule has 0 radical (unpaired) electrons. The normalized spacial score (nSPS) is 17.1. The highest BCUT2D eigenvalue weighted by atomic mass is 19.4. The zero-order valence-corrected chi connectivity index (χ0v) is 11.2. The summed E-state index contributed by atoms with van der Waals surface area (Å²) in [4.78, 5) is 11.1. The lowest BCUT2D eigenvalue weighted by Crippen LogP contribution is -2.61. The molecule has 0 spiro atoms. The number of alkyl halides is 9. The van der Waals surface area contributed by atoms with E-state index >= 15 is 0 Å². The van der Waals surface area contributed by atoms with E-state index in [1.54, 1.807) is 0 Å². The van der Waals surface area contributed by atoms with Gasteiger partial charge in [-0.2, -0.15) is 35.1 Å². The summed E-state index contributed by atoms with van der Waals surface area (Å²) in [6.45, 7) is 1.59. The summed E-state index contributed by atoms with van der Waals surface area (Å²) in [5.41, 5.74) is -7.47. The molecule has 2 nitrogen and oxygen atoms in total. The third-order valence-electron chi connectivity index (χ3n) is 2.40. The minimum Gasteiger partial charge on any atom is -0.462 e. The molecule has 0 fully saturated rings. The first-order chi connectivity index (χ1) is 9.62. The molecule has 0 bridgehead atoms. The van der Waals surface area contributed by atoms with Gasteiger partial charge in [0.2, 0.25) is 0 Å². The molecule has 0 aromatic heterocycles. The highest BCUT2D eigenvalue weighted by Crippen LogP contribution is 2.53. The van der Waals surface area contributed by atoms with E-state index in [0.29, 0.717) is 6.92 Å². The van der Waals surface area contributed by atoms with Crippen molar-refractivity contribution in [2.24, 2.45) is 0 Å². The number of esters is 1. The second-order valence-corrected chi connectivity index (χ2v) is 4.24. The quantitative estimate of drug-likeness (QED) is 0.420. The van der Waals surface area contributed by atoms with Crippen LogP contribution in [0.3, 0.4) is 0 Å². The summed E-state index contributed by atoms with van der Waals surface area (Å²) in [5, 5.41) is 0. The number of halogens is 9. The number of rotatable bonds is 5. The molecule has 0 aliphatic heterocycles. The van der Waals surface area contributed by atoms with Crippen molar-refractivity contribution in [2.75, 3.05) is 6.61 Å². The predicted octanol–water partition coefficient (Wildman–Crippen LogP) is 4.35. The van der Waals surface area contributed by atoms with E-state index in [9.17, 15) is 44.3 Å². The zero-order chi connectivity index (χ0) is 18.0. The summed E-state index contributed by atoms with van der Waals surface area (Å²) in [5.74, 6) is -8.42. The second kappa shape index (κ2) is 6.37. The monoisotopic (exact) mass is 346 g/mol. The van der Waals surface area contributed by atoms with Crippen molar-refractivity contribution in [3.63, 3.8) is 0 Å². The molecule has 130 valence electrons. The van der Waals surface area contributed by atoms with Crippen molar-refractivity contribution >= 4 is 5.97 Å². The Bertz CT molecular complexity index is 436. The maximum atomic E-state index is 13.6. The van der Waals surface area contributed by atoms with E-state index in [-0.39, 0.29) is 13.0 Å². The summed E-state index contributed by atoms with van der Waals surface area (Å²) < 4.78 is 117. The van der Waals surface area contributed by atoms with E-state index in [2.05, 4.69) is 4.74 Å². The standard InChI is InChI=1S/C11H11F9O2/c1-3-4-22-7(21)6(2)5-8(12,10(15,16)17)9(13,14)11(18,19)20/h5H,3-4H2,1-2H3. The van der Waals surface area contributed by atoms with Crippen LogP contribution in [0.2, 0.25) is 0 Å². The molecule has 0 heterocycles. The molecule has 0 saturated carbocycles. The van der Waals surface area contributed by atoms with Crippen LogP contribution < -0.4 is 0 Å². The van der Waals surface area contributed by atoms with Crippen LogP contribution >= 0.6 is 0 Å². The SMILES string of the molecule is CCCOC(=O)C(C)=CC(F)(C(F)(F)F)C(F)(F)C(F)(F)F. The largest absolute Gasteiger partial charge is 0.462 e. The maximum Gasteiger partial charge on any atom is 0.457 e. The van der Waals surface area contributed by atoms with Crippen LogP contribution in [0.25, 0.3) is 0 Å². The van der Waals surface area contributed by atoms with Crippen molar-refractivity contribution in [1.82, 2.24) is 0 Å². The average Bonchev–Trinajstić information content (AvgIpc) is 2.32. The number of allylic oxidation sites excluding steroid dienone is 1. The summed E-state index contributed by atoms with van der Waals surface area (Å²) in [6, 6.07) is 0. The molecule has 1 atom stereocenters. The van der Waals surface area contributed by atoms with Crippen molar-refractivity contribution in [3.8, 4) is 0 Å². The van der Waals surface area contributed by atoms with Gasteiger partial charge in [-0.1, -0.05) is 6.92 Å². The first kappa shape index (κ1) is 20.6. The number of hydrogen-bond acceptors (Lipinski definition) is 2. The Hall–Kier alpha value is -1.42. The van der Waals surface area contributed by atoms with E-state index in [1.807, 2.05) is 0 Å². The number of hydrogen-bond donors (Lipinski definition) is 0. The lowest BCUT2D eigenvalue weighted by atomic mass is 9.93. The fourth-order valence-electron chi connectivity index (χ4n) is 1.22. The van der Waals surface area contributed by atoms with Gasteiger partial charge < -0.3 is 4.74 Å². The van der Waals surface area contributed by atoms with Gasteiger partial charge in [0.1, 0.15) is 0 Å². The third-order valence-corrected chi connectivity index (χ3v) is 2.40. The van der Waals surface area contributed by atoms with Gasteiger partial charge in [0.05, 0.1) is 6.61 Å². The first-order valence-electron chi connectivity index (χ1n) is 5.68. The van der Waals surface area contributed by atoms with Gasteiger partial charge in [0.15, 0.2) is 0 Å². The summed E-state index contributed by atoms with van der Waals surface area (Å²) >= 11 is 0. The molecule has 0 N–H and O–H groups in total. The topological polar surface area (TPSA) is 26.3 Å². The van der Waals surface area contributed by atoms with Crippen LogP contribution in [0, 0.1) is 0 Å². The lowest BCUT2D eigenvalue weighted by molar-refractivity contribution is -0.369. The first-order valence-corrected chi connectivity index (χ1v) is 5.68. The fraction of sp³-hybridized carbons (Fsp3) is 0.727. The molecule has 0 rings (SSSR count).